The predicted molar refractivity (Wildman–Crippen MR) is 54.9 cm³/mol. The minimum absolute atomic E-state index is 0.0850. The minimum Gasteiger partial charge on any atom is -0.289 e. The summed E-state index contributed by atoms with van der Waals surface area (Å²) in [5, 5.41) is 0. The van der Waals surface area contributed by atoms with Gasteiger partial charge < -0.3 is 0 Å². The van der Waals surface area contributed by atoms with Crippen molar-refractivity contribution in [1.29, 1.82) is 0 Å². The first-order valence-corrected chi connectivity index (χ1v) is 4.51. The summed E-state index contributed by atoms with van der Waals surface area (Å²) in [5.74, 6) is 0.0850. The van der Waals surface area contributed by atoms with Crippen LogP contribution in [0.25, 0.3) is 0 Å². The van der Waals surface area contributed by atoms with Crippen LogP contribution in [-0.4, -0.2) is 5.78 Å². The van der Waals surface area contributed by atoms with Gasteiger partial charge in [-0.15, -0.1) is 0 Å². The lowest BCUT2D eigenvalue weighted by Gasteiger charge is -1.95. The highest BCUT2D eigenvalue weighted by atomic mass is 16.1. The van der Waals surface area contributed by atoms with E-state index in [1.165, 1.54) is 5.56 Å². The molecule has 0 spiro atoms. The van der Waals surface area contributed by atoms with Crippen LogP contribution < -0.4 is 0 Å². The molecule has 0 bridgehead atoms. The fourth-order valence-electron chi connectivity index (χ4n) is 1.04. The summed E-state index contributed by atoms with van der Waals surface area (Å²) in [4.78, 5) is 11.4. The molecule has 1 aromatic carbocycles. The number of hydrogen-bond acceptors (Lipinski definition) is 1. The Morgan fingerprint density at radius 2 is 1.92 bits per heavy atom. The van der Waals surface area contributed by atoms with E-state index in [1.54, 1.807) is 6.08 Å². The second-order valence-electron chi connectivity index (χ2n) is 3.04. The number of benzene rings is 1. The maximum atomic E-state index is 11.4. The van der Waals surface area contributed by atoms with Crippen molar-refractivity contribution in [1.82, 2.24) is 0 Å². The molecule has 0 radical (unpaired) electrons. The molecule has 0 unspecified atom stereocenters. The first-order valence-electron chi connectivity index (χ1n) is 4.51. The monoisotopic (exact) mass is 174 g/mol. The Bertz CT molecular complexity index is 306. The summed E-state index contributed by atoms with van der Waals surface area (Å²) in [6.07, 6.45) is 4.41. The van der Waals surface area contributed by atoms with E-state index in [9.17, 15) is 4.79 Å². The Hall–Kier alpha value is -1.37. The molecule has 1 rings (SSSR count). The van der Waals surface area contributed by atoms with Crippen molar-refractivity contribution in [3.8, 4) is 0 Å². The van der Waals surface area contributed by atoms with Crippen molar-refractivity contribution >= 4 is 5.78 Å². The van der Waals surface area contributed by atoms with Crippen molar-refractivity contribution in [2.75, 3.05) is 0 Å². The molecule has 0 aliphatic rings. The van der Waals surface area contributed by atoms with Crippen molar-refractivity contribution in [3.63, 3.8) is 0 Å². The average molecular weight is 174 g/mol. The first-order chi connectivity index (χ1) is 6.24. The SMILES string of the molecule is CC/C=C\C(=O)c1ccc(C)cc1. The molecular weight excluding hydrogens is 160 g/mol. The van der Waals surface area contributed by atoms with Gasteiger partial charge in [0, 0.05) is 5.56 Å². The summed E-state index contributed by atoms with van der Waals surface area (Å²) in [6, 6.07) is 7.62. The maximum absolute atomic E-state index is 11.4. The zero-order valence-electron chi connectivity index (χ0n) is 8.08. The molecule has 1 heteroatoms. The van der Waals surface area contributed by atoms with E-state index >= 15 is 0 Å². The Kier molecular flexibility index (Phi) is 3.44. The van der Waals surface area contributed by atoms with E-state index in [-0.39, 0.29) is 5.78 Å². The zero-order valence-corrected chi connectivity index (χ0v) is 8.08. The van der Waals surface area contributed by atoms with E-state index in [0.717, 1.165) is 12.0 Å². The van der Waals surface area contributed by atoms with Gasteiger partial charge in [-0.25, -0.2) is 0 Å². The summed E-state index contributed by atoms with van der Waals surface area (Å²) < 4.78 is 0. The lowest BCUT2D eigenvalue weighted by atomic mass is 10.1. The van der Waals surface area contributed by atoms with Crippen molar-refractivity contribution in [2.45, 2.75) is 20.3 Å². The number of hydrogen-bond donors (Lipinski definition) is 0. The van der Waals surface area contributed by atoms with Gasteiger partial charge in [-0.05, 0) is 19.4 Å². The smallest absolute Gasteiger partial charge is 0.185 e. The third kappa shape index (κ3) is 2.86. The highest BCUT2D eigenvalue weighted by Gasteiger charge is 1.98. The molecule has 0 fully saturated rings. The van der Waals surface area contributed by atoms with Crippen LogP contribution in [0.4, 0.5) is 0 Å². The Labute approximate surface area is 79.1 Å². The number of allylic oxidation sites excluding steroid dienone is 2. The third-order valence-electron chi connectivity index (χ3n) is 1.84. The largest absolute Gasteiger partial charge is 0.289 e. The first kappa shape index (κ1) is 9.72. The molecule has 1 nitrogen and oxygen atoms in total. The van der Waals surface area contributed by atoms with Gasteiger partial charge in [0.1, 0.15) is 0 Å². The van der Waals surface area contributed by atoms with Gasteiger partial charge in [0.15, 0.2) is 5.78 Å². The van der Waals surface area contributed by atoms with Crippen molar-refractivity contribution in [2.24, 2.45) is 0 Å². The normalized spacial score (nSPS) is 10.6. The van der Waals surface area contributed by atoms with Crippen LogP contribution in [0.15, 0.2) is 36.4 Å². The van der Waals surface area contributed by atoms with Crippen molar-refractivity contribution in [3.05, 3.63) is 47.5 Å². The average Bonchev–Trinajstić information content (AvgIpc) is 2.15. The zero-order chi connectivity index (χ0) is 9.68. The molecule has 0 heterocycles. The predicted octanol–water partition coefficient (Wildman–Crippen LogP) is 3.14. The quantitative estimate of drug-likeness (QED) is 0.508. The second kappa shape index (κ2) is 4.61. The van der Waals surface area contributed by atoms with Gasteiger partial charge in [0.2, 0.25) is 0 Å². The highest BCUT2D eigenvalue weighted by Crippen LogP contribution is 2.04. The van der Waals surface area contributed by atoms with Crippen molar-refractivity contribution < 1.29 is 4.79 Å². The number of rotatable bonds is 3. The van der Waals surface area contributed by atoms with E-state index in [4.69, 9.17) is 0 Å². The van der Waals surface area contributed by atoms with E-state index < -0.39 is 0 Å². The highest BCUT2D eigenvalue weighted by molar-refractivity contribution is 6.04. The Morgan fingerprint density at radius 3 is 2.46 bits per heavy atom. The topological polar surface area (TPSA) is 17.1 Å². The van der Waals surface area contributed by atoms with Crippen LogP contribution in [0.2, 0.25) is 0 Å². The van der Waals surface area contributed by atoms with Gasteiger partial charge in [-0.3, -0.25) is 4.79 Å². The molecular formula is C12H14O. The Balaban J connectivity index is 2.78. The van der Waals surface area contributed by atoms with Gasteiger partial charge in [-0.2, -0.15) is 0 Å². The van der Waals surface area contributed by atoms with E-state index in [2.05, 4.69) is 0 Å². The van der Waals surface area contributed by atoms with Gasteiger partial charge >= 0.3 is 0 Å². The number of carbonyl (C=O) groups excluding carboxylic acids is 1. The molecule has 0 saturated carbocycles. The number of aryl methyl sites for hydroxylation is 1. The minimum atomic E-state index is 0.0850. The maximum Gasteiger partial charge on any atom is 0.185 e. The molecule has 0 atom stereocenters. The van der Waals surface area contributed by atoms with Gasteiger partial charge in [0.05, 0.1) is 0 Å². The summed E-state index contributed by atoms with van der Waals surface area (Å²) in [7, 11) is 0. The summed E-state index contributed by atoms with van der Waals surface area (Å²) in [6.45, 7) is 4.02. The summed E-state index contributed by atoms with van der Waals surface area (Å²) >= 11 is 0. The molecule has 1 aromatic rings. The lowest BCUT2D eigenvalue weighted by Crippen LogP contribution is -1.93. The van der Waals surface area contributed by atoms with E-state index in [1.807, 2.05) is 44.2 Å². The second-order valence-corrected chi connectivity index (χ2v) is 3.04. The standard InChI is InChI=1S/C12H14O/c1-3-4-5-12(13)11-8-6-10(2)7-9-11/h4-9H,3H2,1-2H3/b5-4-. The molecule has 0 aliphatic carbocycles. The molecule has 0 aliphatic heterocycles. The molecule has 68 valence electrons. The molecule has 0 N–H and O–H groups in total. The molecule has 0 amide bonds. The van der Waals surface area contributed by atoms with Crippen LogP contribution in [0, 0.1) is 6.92 Å². The number of carbonyl (C=O) groups is 1. The Morgan fingerprint density at radius 1 is 1.31 bits per heavy atom. The molecule has 0 aromatic heterocycles. The fraction of sp³-hybridized carbons (Fsp3) is 0.250. The van der Waals surface area contributed by atoms with Gasteiger partial charge in [0.25, 0.3) is 0 Å². The van der Waals surface area contributed by atoms with Crippen LogP contribution in [0.1, 0.15) is 29.3 Å². The van der Waals surface area contributed by atoms with E-state index in [0.29, 0.717) is 0 Å². The van der Waals surface area contributed by atoms with Crippen LogP contribution in [0.5, 0.6) is 0 Å². The summed E-state index contributed by atoms with van der Waals surface area (Å²) in [5.41, 5.74) is 1.94. The number of ketones is 1. The lowest BCUT2D eigenvalue weighted by molar-refractivity contribution is 0.104. The van der Waals surface area contributed by atoms with Crippen LogP contribution >= 0.6 is 0 Å². The third-order valence-corrected chi connectivity index (χ3v) is 1.84. The molecule has 13 heavy (non-hydrogen) atoms. The van der Waals surface area contributed by atoms with Gasteiger partial charge in [-0.1, -0.05) is 42.8 Å². The fourth-order valence-corrected chi connectivity index (χ4v) is 1.04. The van der Waals surface area contributed by atoms with Crippen LogP contribution in [-0.2, 0) is 0 Å². The molecule has 0 saturated heterocycles. The van der Waals surface area contributed by atoms with Crippen LogP contribution in [0.3, 0.4) is 0 Å².